The third-order valence-electron chi connectivity index (χ3n) is 2.91. The van der Waals surface area contributed by atoms with E-state index < -0.39 is 0 Å². The molecule has 3 rings (SSSR count). The van der Waals surface area contributed by atoms with E-state index >= 15 is 0 Å². The van der Waals surface area contributed by atoms with E-state index in [1.54, 1.807) is 24.3 Å². The predicted octanol–water partition coefficient (Wildman–Crippen LogP) is 1.88. The molecule has 0 fully saturated rings. The molecule has 2 heterocycles. The molecule has 0 atom stereocenters. The zero-order chi connectivity index (χ0) is 15.5. The number of aromatic amines is 1. The van der Waals surface area contributed by atoms with E-state index in [2.05, 4.69) is 32.4 Å². The number of ether oxygens (including phenoxy) is 1. The Balaban J connectivity index is 2.11. The maximum Gasteiger partial charge on any atom is 0.286 e. The minimum atomic E-state index is -0.333. The van der Waals surface area contributed by atoms with E-state index in [-0.39, 0.29) is 5.56 Å². The van der Waals surface area contributed by atoms with Crippen LogP contribution in [0.25, 0.3) is 21.5 Å². The number of rotatable bonds is 4. The van der Waals surface area contributed by atoms with Crippen LogP contribution in [0.3, 0.4) is 0 Å². The lowest BCUT2D eigenvalue weighted by atomic mass is 10.1. The quantitative estimate of drug-likeness (QED) is 0.738. The zero-order valence-corrected chi connectivity index (χ0v) is 12.1. The van der Waals surface area contributed by atoms with Crippen molar-refractivity contribution in [3.63, 3.8) is 0 Å². The summed E-state index contributed by atoms with van der Waals surface area (Å²) in [4.78, 5) is 11.6. The van der Waals surface area contributed by atoms with Crippen molar-refractivity contribution >= 4 is 21.7 Å². The van der Waals surface area contributed by atoms with E-state index in [9.17, 15) is 10.1 Å². The van der Waals surface area contributed by atoms with Gasteiger partial charge in [-0.3, -0.25) is 4.79 Å². The average molecular weight is 311 g/mol. The van der Waals surface area contributed by atoms with Gasteiger partial charge in [-0.25, -0.2) is 5.10 Å². The standard InChI is InChI=1S/C14H9N5O2S/c1-2-5-21-10-4-3-8(6-9(10)7-15)11-12-13(22-18-11)14(20)17-19-16-12/h2-4,6H,1,5H2,(H,16,17,20). The van der Waals surface area contributed by atoms with Crippen molar-refractivity contribution in [3.8, 4) is 23.1 Å². The summed E-state index contributed by atoms with van der Waals surface area (Å²) in [6, 6.07) is 7.17. The lowest BCUT2D eigenvalue weighted by Crippen LogP contribution is -2.07. The van der Waals surface area contributed by atoms with Crippen LogP contribution in [0, 0.1) is 11.3 Å². The van der Waals surface area contributed by atoms with E-state index in [0.717, 1.165) is 11.5 Å². The number of benzene rings is 1. The minimum absolute atomic E-state index is 0.314. The van der Waals surface area contributed by atoms with Crippen LogP contribution in [0.2, 0.25) is 0 Å². The molecular formula is C14H9N5O2S. The third kappa shape index (κ3) is 2.34. The second kappa shape index (κ2) is 5.75. The largest absolute Gasteiger partial charge is 0.488 e. The molecular weight excluding hydrogens is 302 g/mol. The molecule has 0 unspecified atom stereocenters. The van der Waals surface area contributed by atoms with Crippen LogP contribution in [-0.2, 0) is 0 Å². The van der Waals surface area contributed by atoms with Gasteiger partial charge in [-0.1, -0.05) is 17.9 Å². The molecule has 0 saturated carbocycles. The van der Waals surface area contributed by atoms with Crippen molar-refractivity contribution < 1.29 is 4.74 Å². The summed E-state index contributed by atoms with van der Waals surface area (Å²) in [6.45, 7) is 3.88. The Labute approximate surface area is 128 Å². The highest BCUT2D eigenvalue weighted by molar-refractivity contribution is 7.13. The average Bonchev–Trinajstić information content (AvgIpc) is 2.98. The Morgan fingerprint density at radius 3 is 3.14 bits per heavy atom. The van der Waals surface area contributed by atoms with Gasteiger partial charge in [0.1, 0.15) is 34.3 Å². The Morgan fingerprint density at radius 1 is 1.50 bits per heavy atom. The summed E-state index contributed by atoms with van der Waals surface area (Å²) >= 11 is 1.04. The summed E-state index contributed by atoms with van der Waals surface area (Å²) in [5.41, 5.74) is 1.65. The fraction of sp³-hybridized carbons (Fsp3) is 0.0714. The van der Waals surface area contributed by atoms with Crippen molar-refractivity contribution in [1.82, 2.24) is 19.8 Å². The van der Waals surface area contributed by atoms with Gasteiger partial charge in [-0.2, -0.15) is 9.64 Å². The van der Waals surface area contributed by atoms with Crippen LogP contribution in [0.5, 0.6) is 5.75 Å². The molecule has 0 aliphatic rings. The molecule has 108 valence electrons. The molecule has 1 aromatic carbocycles. The summed E-state index contributed by atoms with van der Waals surface area (Å²) < 4.78 is 10.1. The Kier molecular flexibility index (Phi) is 3.64. The Bertz CT molecular complexity index is 954. The molecule has 3 aromatic rings. The molecule has 0 amide bonds. The predicted molar refractivity (Wildman–Crippen MR) is 81.7 cm³/mol. The number of hydrogen-bond acceptors (Lipinski definition) is 7. The maximum atomic E-state index is 11.6. The van der Waals surface area contributed by atoms with Crippen molar-refractivity contribution in [1.29, 1.82) is 5.26 Å². The van der Waals surface area contributed by atoms with Crippen LogP contribution in [0.4, 0.5) is 0 Å². The van der Waals surface area contributed by atoms with Gasteiger partial charge >= 0.3 is 0 Å². The van der Waals surface area contributed by atoms with Crippen molar-refractivity contribution in [2.24, 2.45) is 0 Å². The summed E-state index contributed by atoms with van der Waals surface area (Å²) in [7, 11) is 0. The molecule has 2 aromatic heterocycles. The fourth-order valence-electron chi connectivity index (χ4n) is 1.93. The van der Waals surface area contributed by atoms with E-state index in [1.807, 2.05) is 0 Å². The normalized spacial score (nSPS) is 10.3. The van der Waals surface area contributed by atoms with Crippen molar-refractivity contribution in [2.75, 3.05) is 6.61 Å². The minimum Gasteiger partial charge on any atom is -0.488 e. The summed E-state index contributed by atoms with van der Waals surface area (Å²) in [6.07, 6.45) is 1.60. The van der Waals surface area contributed by atoms with Crippen LogP contribution >= 0.6 is 11.5 Å². The highest BCUT2D eigenvalue weighted by Gasteiger charge is 2.15. The second-order valence-electron chi connectivity index (χ2n) is 4.27. The van der Waals surface area contributed by atoms with Gasteiger partial charge in [-0.15, -0.1) is 5.10 Å². The number of aromatic nitrogens is 4. The zero-order valence-electron chi connectivity index (χ0n) is 11.2. The van der Waals surface area contributed by atoms with Crippen LogP contribution < -0.4 is 10.3 Å². The molecule has 0 bridgehead atoms. The Hall–Kier alpha value is -3.05. The van der Waals surface area contributed by atoms with Crippen LogP contribution in [0.15, 0.2) is 35.6 Å². The number of H-pyrrole nitrogens is 1. The molecule has 22 heavy (non-hydrogen) atoms. The molecule has 0 aliphatic carbocycles. The van der Waals surface area contributed by atoms with Gasteiger partial charge < -0.3 is 4.74 Å². The smallest absolute Gasteiger partial charge is 0.286 e. The van der Waals surface area contributed by atoms with Crippen molar-refractivity contribution in [2.45, 2.75) is 0 Å². The lowest BCUT2D eigenvalue weighted by Gasteiger charge is -2.06. The first-order valence-corrected chi connectivity index (χ1v) is 7.01. The number of nitrogens with one attached hydrogen (secondary N) is 1. The SMILES string of the molecule is C=CCOc1ccc(-c2nsc3c(=O)[nH]nnc23)cc1C#N. The first-order chi connectivity index (χ1) is 10.7. The number of nitrogens with zero attached hydrogens (tertiary/aromatic N) is 4. The maximum absolute atomic E-state index is 11.6. The van der Waals surface area contributed by atoms with E-state index in [1.165, 1.54) is 0 Å². The van der Waals surface area contributed by atoms with Gasteiger partial charge in [0.05, 0.1) is 5.56 Å². The molecule has 0 aliphatic heterocycles. The molecule has 0 spiro atoms. The molecule has 0 radical (unpaired) electrons. The fourth-order valence-corrected chi connectivity index (χ4v) is 2.65. The van der Waals surface area contributed by atoms with Crippen LogP contribution in [-0.4, -0.2) is 26.4 Å². The number of hydrogen-bond donors (Lipinski definition) is 1. The van der Waals surface area contributed by atoms with Crippen LogP contribution in [0.1, 0.15) is 5.56 Å². The summed E-state index contributed by atoms with van der Waals surface area (Å²) in [5.74, 6) is 0.467. The molecule has 1 N–H and O–H groups in total. The first-order valence-electron chi connectivity index (χ1n) is 6.23. The monoisotopic (exact) mass is 311 g/mol. The number of fused-ring (bicyclic) bond motifs is 1. The van der Waals surface area contributed by atoms with E-state index in [0.29, 0.717) is 39.4 Å². The van der Waals surface area contributed by atoms with E-state index in [4.69, 9.17) is 4.74 Å². The number of nitriles is 1. The first kappa shape index (κ1) is 13.9. The lowest BCUT2D eigenvalue weighted by molar-refractivity contribution is 0.362. The van der Waals surface area contributed by atoms with Gasteiger partial charge in [-0.05, 0) is 29.7 Å². The molecule has 0 saturated heterocycles. The van der Waals surface area contributed by atoms with Gasteiger partial charge in [0.2, 0.25) is 0 Å². The highest BCUT2D eigenvalue weighted by atomic mass is 32.1. The Morgan fingerprint density at radius 2 is 2.36 bits per heavy atom. The molecule has 8 heteroatoms. The summed E-state index contributed by atoms with van der Waals surface area (Å²) in [5, 5.41) is 19.0. The van der Waals surface area contributed by atoms with Gasteiger partial charge in [0, 0.05) is 5.56 Å². The molecule has 7 nitrogen and oxygen atoms in total. The van der Waals surface area contributed by atoms with Gasteiger partial charge in [0.15, 0.2) is 0 Å². The van der Waals surface area contributed by atoms with Crippen molar-refractivity contribution in [3.05, 3.63) is 46.8 Å². The third-order valence-corrected chi connectivity index (χ3v) is 3.74. The topological polar surface area (TPSA) is 105 Å². The van der Waals surface area contributed by atoms with Gasteiger partial charge in [0.25, 0.3) is 5.56 Å². The second-order valence-corrected chi connectivity index (χ2v) is 5.05. The highest BCUT2D eigenvalue weighted by Crippen LogP contribution is 2.30.